The number of hydrogen-bond donors (Lipinski definition) is 2. The Bertz CT molecular complexity index is 424. The highest BCUT2D eigenvalue weighted by atomic mass is 32.1. The first-order chi connectivity index (χ1) is 7.27. The van der Waals surface area contributed by atoms with Crippen LogP contribution in [0.15, 0.2) is 18.0 Å². The van der Waals surface area contributed by atoms with E-state index in [-0.39, 0.29) is 11.9 Å². The standard InChI is InChI=1S/C8H9N5OS/c1-5(7-10-3-11-13-7)12-8(14)6-2-9-4-15-6/h2-5H,1H3,(H,12,14)(H,10,11,13). The van der Waals surface area contributed by atoms with Crippen LogP contribution in [-0.2, 0) is 0 Å². The summed E-state index contributed by atoms with van der Waals surface area (Å²) in [7, 11) is 0. The maximum atomic E-state index is 11.6. The van der Waals surface area contributed by atoms with Crippen molar-refractivity contribution >= 4 is 17.2 Å². The third-order valence-corrected chi connectivity index (χ3v) is 2.62. The number of amides is 1. The van der Waals surface area contributed by atoms with Gasteiger partial charge in [0.1, 0.15) is 17.0 Å². The van der Waals surface area contributed by atoms with E-state index in [9.17, 15) is 4.79 Å². The maximum absolute atomic E-state index is 11.6. The monoisotopic (exact) mass is 223 g/mol. The third kappa shape index (κ3) is 2.18. The molecule has 78 valence electrons. The number of carbonyl (C=O) groups is 1. The van der Waals surface area contributed by atoms with Crippen molar-refractivity contribution in [3.05, 3.63) is 28.7 Å². The Labute approximate surface area is 89.8 Å². The lowest BCUT2D eigenvalue weighted by molar-refractivity contribution is 0.0942. The maximum Gasteiger partial charge on any atom is 0.263 e. The van der Waals surface area contributed by atoms with Crippen LogP contribution in [-0.4, -0.2) is 26.1 Å². The zero-order valence-corrected chi connectivity index (χ0v) is 8.78. The summed E-state index contributed by atoms with van der Waals surface area (Å²) in [5.74, 6) is 0.481. The Hall–Kier alpha value is -1.76. The average molecular weight is 223 g/mol. The van der Waals surface area contributed by atoms with Crippen LogP contribution in [0.2, 0.25) is 0 Å². The number of rotatable bonds is 3. The van der Waals surface area contributed by atoms with Crippen molar-refractivity contribution in [2.75, 3.05) is 0 Å². The second-order valence-electron chi connectivity index (χ2n) is 2.93. The van der Waals surface area contributed by atoms with Gasteiger partial charge in [-0.3, -0.25) is 14.9 Å². The molecule has 1 unspecified atom stereocenters. The van der Waals surface area contributed by atoms with Crippen molar-refractivity contribution in [3.63, 3.8) is 0 Å². The molecule has 0 saturated heterocycles. The summed E-state index contributed by atoms with van der Waals surface area (Å²) >= 11 is 1.30. The van der Waals surface area contributed by atoms with Crippen LogP contribution in [0.5, 0.6) is 0 Å². The number of aromatic amines is 1. The van der Waals surface area contributed by atoms with Gasteiger partial charge in [-0.05, 0) is 6.92 Å². The lowest BCUT2D eigenvalue weighted by Crippen LogP contribution is -2.26. The number of nitrogens with one attached hydrogen (secondary N) is 2. The molecule has 2 rings (SSSR count). The fourth-order valence-electron chi connectivity index (χ4n) is 1.09. The number of H-pyrrole nitrogens is 1. The van der Waals surface area contributed by atoms with Gasteiger partial charge in [-0.2, -0.15) is 5.10 Å². The molecule has 0 aliphatic rings. The molecule has 6 nitrogen and oxygen atoms in total. The van der Waals surface area contributed by atoms with Crippen molar-refractivity contribution < 1.29 is 4.79 Å². The van der Waals surface area contributed by atoms with Gasteiger partial charge in [-0.15, -0.1) is 11.3 Å². The Morgan fingerprint density at radius 1 is 1.67 bits per heavy atom. The zero-order valence-electron chi connectivity index (χ0n) is 7.97. The number of nitrogens with zero attached hydrogens (tertiary/aromatic N) is 3. The molecule has 0 aromatic carbocycles. The molecule has 2 aromatic heterocycles. The van der Waals surface area contributed by atoms with Crippen LogP contribution in [0.25, 0.3) is 0 Å². The molecule has 0 fully saturated rings. The molecule has 1 amide bonds. The summed E-state index contributed by atoms with van der Waals surface area (Å²) in [6, 6.07) is -0.193. The van der Waals surface area contributed by atoms with Crippen molar-refractivity contribution in [1.82, 2.24) is 25.5 Å². The summed E-state index contributed by atoms with van der Waals surface area (Å²) in [5, 5.41) is 9.20. The van der Waals surface area contributed by atoms with Gasteiger partial charge in [0, 0.05) is 0 Å². The SMILES string of the molecule is CC(NC(=O)c1cncs1)c1ncn[nH]1. The minimum absolute atomic E-state index is 0.151. The van der Waals surface area contributed by atoms with Gasteiger partial charge in [0.05, 0.1) is 17.7 Å². The molecular weight excluding hydrogens is 214 g/mol. The molecule has 0 saturated carbocycles. The molecule has 0 spiro atoms. The zero-order chi connectivity index (χ0) is 10.7. The first-order valence-electron chi connectivity index (χ1n) is 4.32. The van der Waals surface area contributed by atoms with E-state index >= 15 is 0 Å². The van der Waals surface area contributed by atoms with E-state index in [4.69, 9.17) is 0 Å². The Morgan fingerprint density at radius 2 is 2.53 bits per heavy atom. The van der Waals surface area contributed by atoms with Crippen LogP contribution in [0.3, 0.4) is 0 Å². The van der Waals surface area contributed by atoms with Crippen LogP contribution >= 0.6 is 11.3 Å². The molecule has 7 heteroatoms. The Kier molecular flexibility index (Phi) is 2.72. The van der Waals surface area contributed by atoms with E-state index in [0.717, 1.165) is 0 Å². The predicted octanol–water partition coefficient (Wildman–Crippen LogP) is 0.752. The fraction of sp³-hybridized carbons (Fsp3) is 0.250. The smallest absolute Gasteiger partial charge is 0.263 e. The van der Waals surface area contributed by atoms with Gasteiger partial charge in [-0.25, -0.2) is 4.98 Å². The second-order valence-corrected chi connectivity index (χ2v) is 3.82. The van der Waals surface area contributed by atoms with Crippen LogP contribution in [0, 0.1) is 0 Å². The number of carbonyl (C=O) groups excluding carboxylic acids is 1. The van der Waals surface area contributed by atoms with E-state index in [1.54, 1.807) is 5.51 Å². The first-order valence-corrected chi connectivity index (χ1v) is 5.20. The van der Waals surface area contributed by atoms with Crippen LogP contribution in [0.1, 0.15) is 28.5 Å². The number of hydrogen-bond acceptors (Lipinski definition) is 5. The molecule has 0 bridgehead atoms. The van der Waals surface area contributed by atoms with E-state index in [0.29, 0.717) is 10.7 Å². The Morgan fingerprint density at radius 3 is 3.13 bits per heavy atom. The van der Waals surface area contributed by atoms with Crippen molar-refractivity contribution in [2.45, 2.75) is 13.0 Å². The van der Waals surface area contributed by atoms with Gasteiger partial charge in [0.15, 0.2) is 0 Å². The van der Waals surface area contributed by atoms with Gasteiger partial charge in [-0.1, -0.05) is 0 Å². The highest BCUT2D eigenvalue weighted by molar-refractivity contribution is 7.11. The van der Waals surface area contributed by atoms with Gasteiger partial charge in [0.25, 0.3) is 5.91 Å². The quantitative estimate of drug-likeness (QED) is 0.804. The lowest BCUT2D eigenvalue weighted by Gasteiger charge is -2.09. The first kappa shape index (κ1) is 9.78. The second kappa shape index (κ2) is 4.18. The molecule has 2 N–H and O–H groups in total. The third-order valence-electron chi connectivity index (χ3n) is 1.85. The largest absolute Gasteiger partial charge is 0.342 e. The molecule has 2 heterocycles. The van der Waals surface area contributed by atoms with Gasteiger partial charge >= 0.3 is 0 Å². The normalized spacial score (nSPS) is 12.3. The molecular formula is C8H9N5OS. The van der Waals surface area contributed by atoms with Crippen LogP contribution < -0.4 is 5.32 Å². The van der Waals surface area contributed by atoms with Gasteiger partial charge < -0.3 is 5.32 Å². The summed E-state index contributed by atoms with van der Waals surface area (Å²) < 4.78 is 0. The number of aromatic nitrogens is 4. The van der Waals surface area contributed by atoms with E-state index in [1.807, 2.05) is 6.92 Å². The van der Waals surface area contributed by atoms with E-state index in [2.05, 4.69) is 25.5 Å². The van der Waals surface area contributed by atoms with E-state index < -0.39 is 0 Å². The van der Waals surface area contributed by atoms with Crippen molar-refractivity contribution in [2.24, 2.45) is 0 Å². The van der Waals surface area contributed by atoms with E-state index in [1.165, 1.54) is 23.9 Å². The Balaban J connectivity index is 2.01. The minimum Gasteiger partial charge on any atom is -0.342 e. The predicted molar refractivity (Wildman–Crippen MR) is 54.4 cm³/mol. The summed E-state index contributed by atoms with van der Waals surface area (Å²) in [4.78, 5) is 20.0. The molecule has 0 aliphatic heterocycles. The summed E-state index contributed by atoms with van der Waals surface area (Å²) in [5.41, 5.74) is 1.62. The van der Waals surface area contributed by atoms with Crippen molar-refractivity contribution in [1.29, 1.82) is 0 Å². The van der Waals surface area contributed by atoms with Crippen LogP contribution in [0.4, 0.5) is 0 Å². The highest BCUT2D eigenvalue weighted by Crippen LogP contribution is 2.09. The molecule has 0 radical (unpaired) electrons. The summed E-state index contributed by atoms with van der Waals surface area (Å²) in [6.07, 6.45) is 2.94. The lowest BCUT2D eigenvalue weighted by atomic mass is 10.3. The molecule has 1 atom stereocenters. The fourth-order valence-corrected chi connectivity index (χ4v) is 1.61. The minimum atomic E-state index is -0.193. The van der Waals surface area contributed by atoms with Gasteiger partial charge in [0.2, 0.25) is 0 Å². The average Bonchev–Trinajstić information content (AvgIpc) is 2.91. The molecule has 2 aromatic rings. The van der Waals surface area contributed by atoms with Crippen molar-refractivity contribution in [3.8, 4) is 0 Å². The molecule has 0 aliphatic carbocycles. The summed E-state index contributed by atoms with van der Waals surface area (Å²) in [6.45, 7) is 1.83. The number of thiazole rings is 1. The molecule has 15 heavy (non-hydrogen) atoms. The topological polar surface area (TPSA) is 83.6 Å². The highest BCUT2D eigenvalue weighted by Gasteiger charge is 2.13.